The van der Waals surface area contributed by atoms with E-state index < -0.39 is 0 Å². The number of hydrogen-bond donors (Lipinski definition) is 0. The third-order valence-electron chi connectivity index (χ3n) is 3.52. The fourth-order valence-corrected chi connectivity index (χ4v) is 2.44. The van der Waals surface area contributed by atoms with Gasteiger partial charge in [0.2, 0.25) is 0 Å². The van der Waals surface area contributed by atoms with Crippen molar-refractivity contribution in [1.29, 1.82) is 0 Å². The molecule has 2 heteroatoms. The van der Waals surface area contributed by atoms with Crippen molar-refractivity contribution in [2.45, 2.75) is 31.9 Å². The highest BCUT2D eigenvalue weighted by Gasteiger charge is 2.47. The second-order valence-corrected chi connectivity index (χ2v) is 4.78. The van der Waals surface area contributed by atoms with E-state index in [-0.39, 0.29) is 5.72 Å². The highest BCUT2D eigenvalue weighted by Crippen LogP contribution is 2.45. The molecule has 2 rings (SSSR count). The summed E-state index contributed by atoms with van der Waals surface area (Å²) in [6.45, 7) is 2.21. The molecule has 0 heterocycles. The normalized spacial score (nSPS) is 19.5. The summed E-state index contributed by atoms with van der Waals surface area (Å²) in [4.78, 5) is 2.23. The Bertz CT molecular complexity index is 328. The lowest BCUT2D eigenvalue weighted by molar-refractivity contribution is -0.0796. The minimum absolute atomic E-state index is 0.110. The predicted molar refractivity (Wildman–Crippen MR) is 66.5 cm³/mol. The number of nitrogens with zero attached hydrogens (tertiary/aromatic N) is 1. The molecule has 1 aromatic rings. The van der Waals surface area contributed by atoms with Crippen LogP contribution in [0.1, 0.15) is 26.2 Å². The van der Waals surface area contributed by atoms with Crippen LogP contribution in [0.4, 0.5) is 0 Å². The number of hydrogen-bond acceptors (Lipinski definition) is 2. The first-order valence-electron chi connectivity index (χ1n) is 6.10. The molecule has 1 atom stereocenters. The zero-order valence-corrected chi connectivity index (χ0v) is 10.4. The van der Waals surface area contributed by atoms with Crippen LogP contribution in [0.5, 0.6) is 5.75 Å². The van der Waals surface area contributed by atoms with Gasteiger partial charge in [-0.25, -0.2) is 0 Å². The van der Waals surface area contributed by atoms with Crippen LogP contribution in [0.2, 0.25) is 0 Å². The van der Waals surface area contributed by atoms with Gasteiger partial charge in [-0.1, -0.05) is 25.1 Å². The zero-order chi connectivity index (χ0) is 11.6. The van der Waals surface area contributed by atoms with Gasteiger partial charge in [-0.15, -0.1) is 0 Å². The molecule has 0 N–H and O–H groups in total. The molecule has 1 fully saturated rings. The molecule has 1 aromatic carbocycles. The summed E-state index contributed by atoms with van der Waals surface area (Å²) >= 11 is 0. The maximum atomic E-state index is 6.26. The van der Waals surface area contributed by atoms with Crippen molar-refractivity contribution in [1.82, 2.24) is 4.90 Å². The Balaban J connectivity index is 2.19. The van der Waals surface area contributed by atoms with Gasteiger partial charge in [0.1, 0.15) is 5.75 Å². The maximum absolute atomic E-state index is 6.26. The molecule has 0 aliphatic heterocycles. The van der Waals surface area contributed by atoms with Gasteiger partial charge >= 0.3 is 0 Å². The number of para-hydroxylation sites is 1. The van der Waals surface area contributed by atoms with Crippen molar-refractivity contribution in [3.05, 3.63) is 30.3 Å². The second kappa shape index (κ2) is 4.46. The van der Waals surface area contributed by atoms with E-state index in [1.165, 1.54) is 12.8 Å². The van der Waals surface area contributed by atoms with Crippen molar-refractivity contribution in [2.24, 2.45) is 5.92 Å². The largest absolute Gasteiger partial charge is 0.472 e. The Hall–Kier alpha value is -1.02. The molecule has 1 unspecified atom stereocenters. The quantitative estimate of drug-likeness (QED) is 0.705. The van der Waals surface area contributed by atoms with E-state index in [1.807, 2.05) is 30.3 Å². The molecular weight excluding hydrogens is 198 g/mol. The summed E-state index contributed by atoms with van der Waals surface area (Å²) in [5, 5.41) is 0. The summed E-state index contributed by atoms with van der Waals surface area (Å²) in [5.41, 5.74) is -0.110. The Labute approximate surface area is 98.2 Å². The van der Waals surface area contributed by atoms with Gasteiger partial charge in [0.05, 0.1) is 0 Å². The number of rotatable bonds is 5. The Morgan fingerprint density at radius 3 is 2.31 bits per heavy atom. The third-order valence-corrected chi connectivity index (χ3v) is 3.52. The first-order valence-corrected chi connectivity index (χ1v) is 6.10. The average molecular weight is 219 g/mol. The lowest BCUT2D eigenvalue weighted by atomic mass is 10.0. The van der Waals surface area contributed by atoms with E-state index in [0.717, 1.165) is 12.2 Å². The molecule has 1 aliphatic carbocycles. The molecule has 0 bridgehead atoms. The van der Waals surface area contributed by atoms with E-state index in [4.69, 9.17) is 4.74 Å². The number of benzene rings is 1. The fourth-order valence-electron chi connectivity index (χ4n) is 2.44. The summed E-state index contributed by atoms with van der Waals surface area (Å²) in [6.07, 6.45) is 3.61. The van der Waals surface area contributed by atoms with Crippen LogP contribution in [-0.4, -0.2) is 24.7 Å². The van der Waals surface area contributed by atoms with E-state index >= 15 is 0 Å². The monoisotopic (exact) mass is 219 g/mol. The molecule has 0 saturated heterocycles. The first kappa shape index (κ1) is 11.5. The van der Waals surface area contributed by atoms with Crippen molar-refractivity contribution in [3.8, 4) is 5.75 Å². The standard InChI is InChI=1S/C14H21NO/c1-4-14(15(2)3,12-10-11-12)16-13-8-6-5-7-9-13/h5-9,12H,4,10-11H2,1-3H3. The SMILES string of the molecule is CCC(Oc1ccccc1)(C1CC1)N(C)C. The lowest BCUT2D eigenvalue weighted by Gasteiger charge is -2.39. The van der Waals surface area contributed by atoms with E-state index in [9.17, 15) is 0 Å². The summed E-state index contributed by atoms with van der Waals surface area (Å²) < 4.78 is 6.26. The summed E-state index contributed by atoms with van der Waals surface area (Å²) in [7, 11) is 4.23. The zero-order valence-electron chi connectivity index (χ0n) is 10.4. The Kier molecular flexibility index (Phi) is 3.20. The smallest absolute Gasteiger partial charge is 0.165 e. The van der Waals surface area contributed by atoms with Crippen LogP contribution in [-0.2, 0) is 0 Å². The summed E-state index contributed by atoms with van der Waals surface area (Å²) in [5.74, 6) is 1.66. The van der Waals surface area contributed by atoms with Crippen LogP contribution >= 0.6 is 0 Å². The van der Waals surface area contributed by atoms with Gasteiger partial charge in [0, 0.05) is 5.92 Å². The molecule has 0 radical (unpaired) electrons. The molecule has 0 aromatic heterocycles. The van der Waals surface area contributed by atoms with Gasteiger partial charge in [-0.2, -0.15) is 0 Å². The minimum atomic E-state index is -0.110. The van der Waals surface area contributed by atoms with Gasteiger partial charge < -0.3 is 4.74 Å². The molecule has 16 heavy (non-hydrogen) atoms. The van der Waals surface area contributed by atoms with E-state index in [2.05, 4.69) is 25.9 Å². The average Bonchev–Trinajstić information content (AvgIpc) is 3.11. The minimum Gasteiger partial charge on any atom is -0.472 e. The second-order valence-electron chi connectivity index (χ2n) is 4.78. The summed E-state index contributed by atoms with van der Waals surface area (Å²) in [6, 6.07) is 10.1. The van der Waals surface area contributed by atoms with Crippen molar-refractivity contribution in [2.75, 3.05) is 14.1 Å². The van der Waals surface area contributed by atoms with Gasteiger partial charge in [-0.3, -0.25) is 4.90 Å². The molecule has 88 valence electrons. The van der Waals surface area contributed by atoms with Gasteiger partial charge in [-0.05, 0) is 45.5 Å². The molecule has 1 aliphatic rings. The van der Waals surface area contributed by atoms with Crippen LogP contribution in [0, 0.1) is 5.92 Å². The highest BCUT2D eigenvalue weighted by molar-refractivity contribution is 5.22. The highest BCUT2D eigenvalue weighted by atomic mass is 16.5. The van der Waals surface area contributed by atoms with Crippen molar-refractivity contribution >= 4 is 0 Å². The molecule has 2 nitrogen and oxygen atoms in total. The van der Waals surface area contributed by atoms with E-state index in [1.54, 1.807) is 0 Å². The predicted octanol–water partition coefficient (Wildman–Crippen LogP) is 3.14. The molecule has 1 saturated carbocycles. The lowest BCUT2D eigenvalue weighted by Crippen LogP contribution is -2.51. The van der Waals surface area contributed by atoms with E-state index in [0.29, 0.717) is 5.92 Å². The first-order chi connectivity index (χ1) is 7.69. The van der Waals surface area contributed by atoms with Gasteiger partial charge in [0.15, 0.2) is 5.72 Å². The van der Waals surface area contributed by atoms with Gasteiger partial charge in [0.25, 0.3) is 0 Å². The van der Waals surface area contributed by atoms with Crippen LogP contribution in [0.3, 0.4) is 0 Å². The van der Waals surface area contributed by atoms with Crippen LogP contribution in [0.15, 0.2) is 30.3 Å². The third kappa shape index (κ3) is 2.07. The Morgan fingerprint density at radius 2 is 1.88 bits per heavy atom. The molecular formula is C14H21NO. The molecule has 0 spiro atoms. The Morgan fingerprint density at radius 1 is 1.25 bits per heavy atom. The van der Waals surface area contributed by atoms with Crippen LogP contribution in [0.25, 0.3) is 0 Å². The van der Waals surface area contributed by atoms with Crippen LogP contribution < -0.4 is 4.74 Å². The topological polar surface area (TPSA) is 12.5 Å². The van der Waals surface area contributed by atoms with Crippen molar-refractivity contribution < 1.29 is 4.74 Å². The fraction of sp³-hybridized carbons (Fsp3) is 0.571. The molecule has 0 amide bonds. The number of ether oxygens (including phenoxy) is 1. The maximum Gasteiger partial charge on any atom is 0.165 e. The van der Waals surface area contributed by atoms with Crippen molar-refractivity contribution in [3.63, 3.8) is 0 Å².